The molecule has 2 aromatic rings. The summed E-state index contributed by atoms with van der Waals surface area (Å²) in [7, 11) is 0. The fraction of sp³-hybridized carbons (Fsp3) is 0.500. The van der Waals surface area contributed by atoms with Gasteiger partial charge in [-0.15, -0.1) is 0 Å². The molecule has 1 aliphatic rings. The maximum Gasteiger partial charge on any atom is 0.0164 e. The van der Waals surface area contributed by atoms with Gasteiger partial charge >= 0.3 is 0 Å². The zero-order valence-corrected chi connectivity index (χ0v) is 20.9. The van der Waals surface area contributed by atoms with Gasteiger partial charge in [-0.2, -0.15) is 0 Å². The van der Waals surface area contributed by atoms with Crippen LogP contribution in [0, 0.1) is 12.3 Å². The monoisotopic (exact) mass is 401 g/mol. The maximum atomic E-state index is 2.46. The summed E-state index contributed by atoms with van der Waals surface area (Å²) >= 11 is 0. The van der Waals surface area contributed by atoms with Gasteiger partial charge in [0.25, 0.3) is 0 Å². The second-order valence-electron chi connectivity index (χ2n) is 11.9. The Morgan fingerprint density at radius 3 is 1.80 bits per heavy atom. The first kappa shape index (κ1) is 22.9. The Morgan fingerprint density at radius 2 is 1.33 bits per heavy atom. The van der Waals surface area contributed by atoms with Crippen molar-refractivity contribution in [3.63, 3.8) is 0 Å². The first-order valence-corrected chi connectivity index (χ1v) is 11.7. The van der Waals surface area contributed by atoms with E-state index in [2.05, 4.69) is 112 Å². The first-order valence-electron chi connectivity index (χ1n) is 11.7. The summed E-state index contributed by atoms with van der Waals surface area (Å²) in [5, 5.41) is 0. The van der Waals surface area contributed by atoms with Crippen LogP contribution in [-0.4, -0.2) is 0 Å². The van der Waals surface area contributed by atoms with Gasteiger partial charge in [-0.05, 0) is 68.0 Å². The van der Waals surface area contributed by atoms with Gasteiger partial charge in [0.1, 0.15) is 0 Å². The Morgan fingerprint density at radius 1 is 0.767 bits per heavy atom. The van der Waals surface area contributed by atoms with Crippen molar-refractivity contribution in [2.45, 2.75) is 92.4 Å². The highest BCUT2D eigenvalue weighted by Crippen LogP contribution is 2.43. The highest BCUT2D eigenvalue weighted by atomic mass is 14.3. The first-order chi connectivity index (χ1) is 13.8. The van der Waals surface area contributed by atoms with Crippen LogP contribution < -0.4 is 0 Å². The molecule has 0 aromatic heterocycles. The molecule has 0 nitrogen and oxygen atoms in total. The topological polar surface area (TPSA) is 0 Å². The van der Waals surface area contributed by atoms with Crippen molar-refractivity contribution in [3.05, 3.63) is 70.1 Å². The van der Waals surface area contributed by atoms with Crippen LogP contribution in [0.5, 0.6) is 0 Å². The average Bonchev–Trinajstić information content (AvgIpc) is 3.00. The van der Waals surface area contributed by atoms with Crippen molar-refractivity contribution in [1.82, 2.24) is 0 Å². The van der Waals surface area contributed by atoms with Crippen LogP contribution in [0.4, 0.5) is 0 Å². The summed E-state index contributed by atoms with van der Waals surface area (Å²) in [5.41, 5.74) is 11.6. The van der Waals surface area contributed by atoms with Crippen molar-refractivity contribution in [3.8, 4) is 11.1 Å². The van der Waals surface area contributed by atoms with E-state index >= 15 is 0 Å². The predicted octanol–water partition coefficient (Wildman–Crippen LogP) is 9.07. The molecule has 0 heteroatoms. The lowest BCUT2D eigenvalue weighted by molar-refractivity contribution is 0.569. The van der Waals surface area contributed by atoms with Crippen molar-refractivity contribution < 1.29 is 0 Å². The minimum absolute atomic E-state index is 0.122. The van der Waals surface area contributed by atoms with E-state index in [0.717, 1.165) is 6.42 Å². The molecule has 30 heavy (non-hydrogen) atoms. The molecule has 3 rings (SSSR count). The summed E-state index contributed by atoms with van der Waals surface area (Å²) in [4.78, 5) is 0. The number of benzene rings is 2. The fourth-order valence-corrected chi connectivity index (χ4v) is 4.39. The summed E-state index contributed by atoms with van der Waals surface area (Å²) in [5.74, 6) is 1.16. The Bertz CT molecular complexity index is 921. The third kappa shape index (κ3) is 4.74. The van der Waals surface area contributed by atoms with E-state index in [-0.39, 0.29) is 10.8 Å². The van der Waals surface area contributed by atoms with Crippen molar-refractivity contribution >= 4 is 6.08 Å². The van der Waals surface area contributed by atoms with Gasteiger partial charge in [0.05, 0.1) is 0 Å². The Labute approximate surface area is 185 Å². The minimum atomic E-state index is 0.122. The molecule has 0 bridgehead atoms. The zero-order chi connectivity index (χ0) is 22.4. The molecular weight excluding hydrogens is 360 g/mol. The second-order valence-corrected chi connectivity index (χ2v) is 11.9. The molecule has 2 aromatic carbocycles. The number of hydrogen-bond donors (Lipinski definition) is 0. The Balaban J connectivity index is 2.30. The third-order valence-electron chi connectivity index (χ3n) is 6.20. The Hall–Kier alpha value is -1.82. The molecule has 0 saturated carbocycles. The highest BCUT2D eigenvalue weighted by Gasteiger charge is 2.25. The number of hydrogen-bond acceptors (Lipinski definition) is 0. The smallest absolute Gasteiger partial charge is 0.0164 e. The van der Waals surface area contributed by atoms with E-state index in [9.17, 15) is 0 Å². The van der Waals surface area contributed by atoms with E-state index in [1.54, 1.807) is 0 Å². The quantitative estimate of drug-likeness (QED) is 0.479. The van der Waals surface area contributed by atoms with Gasteiger partial charge in [0.15, 0.2) is 0 Å². The van der Waals surface area contributed by atoms with Crippen LogP contribution in [0.2, 0.25) is 0 Å². The molecule has 0 saturated heterocycles. The molecule has 1 radical (unpaired) electrons. The molecule has 1 aliphatic carbocycles. The number of rotatable bonds is 4. The number of allylic oxidation sites excluding steroid dienone is 1. The van der Waals surface area contributed by atoms with Crippen LogP contribution in [0.25, 0.3) is 17.2 Å². The summed E-state index contributed by atoms with van der Waals surface area (Å²) in [6.07, 6.45) is 6.00. The lowest BCUT2D eigenvalue weighted by atomic mass is 9.77. The molecule has 0 fully saturated rings. The van der Waals surface area contributed by atoms with Crippen LogP contribution in [0.1, 0.15) is 109 Å². The fourth-order valence-electron chi connectivity index (χ4n) is 4.39. The van der Waals surface area contributed by atoms with E-state index < -0.39 is 0 Å². The largest absolute Gasteiger partial charge is 0.0625 e. The molecule has 161 valence electrons. The molecule has 0 amide bonds. The van der Waals surface area contributed by atoms with Gasteiger partial charge < -0.3 is 0 Å². The lowest BCUT2D eigenvalue weighted by Crippen LogP contribution is -2.16. The van der Waals surface area contributed by atoms with Crippen LogP contribution in [0.15, 0.2) is 35.9 Å². The van der Waals surface area contributed by atoms with E-state index in [1.807, 2.05) is 0 Å². The zero-order valence-electron chi connectivity index (χ0n) is 20.9. The molecule has 0 heterocycles. The molecular formula is C30H41. The maximum absolute atomic E-state index is 2.46. The molecule has 0 spiro atoms. The average molecular weight is 402 g/mol. The van der Waals surface area contributed by atoms with Crippen molar-refractivity contribution in [2.24, 2.45) is 5.92 Å². The molecule has 0 aliphatic heterocycles. The van der Waals surface area contributed by atoms with Crippen molar-refractivity contribution in [1.29, 1.82) is 0 Å². The van der Waals surface area contributed by atoms with Crippen molar-refractivity contribution in [2.75, 3.05) is 0 Å². The molecule has 0 atom stereocenters. The van der Waals surface area contributed by atoms with E-state index in [0.29, 0.717) is 11.8 Å². The van der Waals surface area contributed by atoms with Crippen LogP contribution in [-0.2, 0) is 10.8 Å². The standard InChI is InChI=1S/C30H41/c1-19(2)13-21-14-22-11-12-26(20(3)4)28(27(22)15-21)23-16-24(29(5,6)7)18-25(17-23)30(8,9)10/h11-12,14-20H,13H2,1-10H3. The summed E-state index contributed by atoms with van der Waals surface area (Å²) < 4.78 is 0. The highest BCUT2D eigenvalue weighted by molar-refractivity contribution is 5.86. The second kappa shape index (κ2) is 8.03. The SMILES string of the molecule is CC(C)CC1=Cc2c(ccc(C(C)C)c2-c2cc(C(C)(C)C)cc(C(C)(C)C)c2)[CH]1. The van der Waals surface area contributed by atoms with Gasteiger partial charge in [-0.1, -0.05) is 111 Å². The minimum Gasteiger partial charge on any atom is -0.0625 e. The van der Waals surface area contributed by atoms with Gasteiger partial charge in [0.2, 0.25) is 0 Å². The van der Waals surface area contributed by atoms with Gasteiger partial charge in [-0.25, -0.2) is 0 Å². The molecule has 0 N–H and O–H groups in total. The van der Waals surface area contributed by atoms with Crippen LogP contribution in [0.3, 0.4) is 0 Å². The number of fused-ring (bicyclic) bond motifs is 1. The molecule has 0 unspecified atom stereocenters. The van der Waals surface area contributed by atoms with Gasteiger partial charge in [-0.3, -0.25) is 0 Å². The van der Waals surface area contributed by atoms with Crippen LogP contribution >= 0.6 is 0 Å². The third-order valence-corrected chi connectivity index (χ3v) is 6.20. The Kier molecular flexibility index (Phi) is 6.11. The summed E-state index contributed by atoms with van der Waals surface area (Å²) in [6, 6.07) is 12.0. The normalized spacial score (nSPS) is 14.5. The van der Waals surface area contributed by atoms with E-state index in [1.165, 1.54) is 44.5 Å². The predicted molar refractivity (Wildman–Crippen MR) is 134 cm³/mol. The van der Waals surface area contributed by atoms with E-state index in [4.69, 9.17) is 0 Å². The van der Waals surface area contributed by atoms with Gasteiger partial charge in [0, 0.05) is 6.42 Å². The summed E-state index contributed by atoms with van der Waals surface area (Å²) in [6.45, 7) is 23.2. The lowest BCUT2D eigenvalue weighted by Gasteiger charge is -2.27.